The Morgan fingerprint density at radius 3 is 2.76 bits per heavy atom. The molecule has 17 heavy (non-hydrogen) atoms. The minimum atomic E-state index is -3.34. The Morgan fingerprint density at radius 1 is 1.35 bits per heavy atom. The van der Waals surface area contributed by atoms with Crippen LogP contribution in [0.4, 0.5) is 0 Å². The van der Waals surface area contributed by atoms with Crippen molar-refractivity contribution >= 4 is 37.3 Å². The summed E-state index contributed by atoms with van der Waals surface area (Å²) in [7, 11) is -3.34. The second-order valence-corrected chi connectivity index (χ2v) is 8.45. The van der Waals surface area contributed by atoms with Crippen molar-refractivity contribution in [2.45, 2.75) is 29.9 Å². The molecule has 2 rings (SSSR count). The van der Waals surface area contributed by atoms with Gasteiger partial charge in [-0.1, -0.05) is 11.6 Å². The van der Waals surface area contributed by atoms with Crippen LogP contribution in [0.5, 0.6) is 0 Å². The van der Waals surface area contributed by atoms with Gasteiger partial charge < -0.3 is 0 Å². The van der Waals surface area contributed by atoms with Gasteiger partial charge in [-0.05, 0) is 53.7 Å². The largest absolute Gasteiger partial charge is 0.250 e. The van der Waals surface area contributed by atoms with E-state index < -0.39 is 10.0 Å². The zero-order chi connectivity index (χ0) is 12.3. The smallest absolute Gasteiger partial charge is 0.206 e. The van der Waals surface area contributed by atoms with Crippen molar-refractivity contribution in [1.29, 1.82) is 0 Å². The van der Waals surface area contributed by atoms with Crippen molar-refractivity contribution < 1.29 is 8.42 Å². The van der Waals surface area contributed by atoms with Crippen LogP contribution in [0.25, 0.3) is 0 Å². The maximum absolute atomic E-state index is 11.9. The number of thiophene rings is 1. The Labute approximate surface area is 114 Å². The molecule has 1 N–H and O–H groups in total. The maximum atomic E-state index is 11.9. The molecule has 1 aromatic rings. The molecule has 0 bridgehead atoms. The van der Waals surface area contributed by atoms with E-state index in [0.717, 1.165) is 23.0 Å². The summed E-state index contributed by atoms with van der Waals surface area (Å²) in [4.78, 5) is 0. The summed E-state index contributed by atoms with van der Waals surface area (Å²) in [5, 5.41) is 0. The molecule has 1 heterocycles. The van der Waals surface area contributed by atoms with Crippen molar-refractivity contribution in [3.05, 3.63) is 27.6 Å². The van der Waals surface area contributed by atoms with E-state index in [9.17, 15) is 8.42 Å². The zero-order valence-electron chi connectivity index (χ0n) is 9.28. The topological polar surface area (TPSA) is 46.2 Å². The normalized spacial score (nSPS) is 16.9. The number of sulfonamides is 1. The Morgan fingerprint density at radius 2 is 2.18 bits per heavy atom. The quantitative estimate of drug-likeness (QED) is 0.858. The first-order chi connectivity index (χ1) is 8.08. The lowest BCUT2D eigenvalue weighted by atomic mass is 10.0. The van der Waals surface area contributed by atoms with Gasteiger partial charge in [0.1, 0.15) is 4.21 Å². The molecule has 0 atom stereocenters. The van der Waals surface area contributed by atoms with Crippen molar-refractivity contribution in [3.63, 3.8) is 0 Å². The molecule has 0 saturated heterocycles. The SMILES string of the molecule is O=S(=O)(NCC1=CCCCC1)c1ccc(Br)s1. The van der Waals surface area contributed by atoms with E-state index in [0.29, 0.717) is 10.8 Å². The van der Waals surface area contributed by atoms with Gasteiger partial charge in [-0.2, -0.15) is 0 Å². The minimum Gasteiger partial charge on any atom is -0.206 e. The molecule has 3 nitrogen and oxygen atoms in total. The summed E-state index contributed by atoms with van der Waals surface area (Å²) in [5.41, 5.74) is 1.20. The fourth-order valence-electron chi connectivity index (χ4n) is 1.77. The summed E-state index contributed by atoms with van der Waals surface area (Å²) in [6.07, 6.45) is 6.61. The molecule has 1 aliphatic rings. The number of halogens is 1. The van der Waals surface area contributed by atoms with E-state index in [-0.39, 0.29) is 0 Å². The fourth-order valence-corrected chi connectivity index (χ4v) is 4.86. The van der Waals surface area contributed by atoms with Crippen LogP contribution in [0.1, 0.15) is 25.7 Å². The average molecular weight is 336 g/mol. The van der Waals surface area contributed by atoms with E-state index in [1.54, 1.807) is 12.1 Å². The number of rotatable bonds is 4. The van der Waals surface area contributed by atoms with Gasteiger partial charge in [0, 0.05) is 6.54 Å². The van der Waals surface area contributed by atoms with E-state index in [4.69, 9.17) is 0 Å². The molecule has 0 saturated carbocycles. The molecular formula is C11H14BrNO2S2. The van der Waals surface area contributed by atoms with Gasteiger partial charge in [-0.25, -0.2) is 13.1 Å². The van der Waals surface area contributed by atoms with Crippen molar-refractivity contribution in [2.75, 3.05) is 6.54 Å². The Hall–Kier alpha value is -0.170. The molecule has 0 amide bonds. The summed E-state index contributed by atoms with van der Waals surface area (Å²) in [5.74, 6) is 0. The number of hydrogen-bond acceptors (Lipinski definition) is 3. The molecule has 6 heteroatoms. The molecule has 0 unspecified atom stereocenters. The first-order valence-electron chi connectivity index (χ1n) is 5.51. The molecular weight excluding hydrogens is 322 g/mol. The third-order valence-corrected chi connectivity index (χ3v) is 6.20. The van der Waals surface area contributed by atoms with Crippen LogP contribution in [-0.2, 0) is 10.0 Å². The van der Waals surface area contributed by atoms with Gasteiger partial charge >= 0.3 is 0 Å². The number of nitrogens with one attached hydrogen (secondary N) is 1. The summed E-state index contributed by atoms with van der Waals surface area (Å²) in [6.45, 7) is 0.442. The van der Waals surface area contributed by atoms with Gasteiger partial charge in [-0.15, -0.1) is 11.3 Å². The summed E-state index contributed by atoms with van der Waals surface area (Å²) < 4.78 is 27.7. The second-order valence-electron chi connectivity index (χ2n) is 3.99. The molecule has 0 spiro atoms. The first-order valence-corrected chi connectivity index (χ1v) is 8.60. The lowest BCUT2D eigenvalue weighted by Gasteiger charge is -2.13. The highest BCUT2D eigenvalue weighted by Gasteiger charge is 2.16. The van der Waals surface area contributed by atoms with Gasteiger partial charge in [0.05, 0.1) is 3.79 Å². The highest BCUT2D eigenvalue weighted by molar-refractivity contribution is 9.11. The lowest BCUT2D eigenvalue weighted by Crippen LogP contribution is -2.25. The van der Waals surface area contributed by atoms with Crippen LogP contribution in [0.15, 0.2) is 31.8 Å². The molecule has 0 aromatic carbocycles. The van der Waals surface area contributed by atoms with Crippen LogP contribution < -0.4 is 4.72 Å². The van der Waals surface area contributed by atoms with E-state index in [2.05, 4.69) is 26.7 Å². The van der Waals surface area contributed by atoms with Crippen LogP contribution in [-0.4, -0.2) is 15.0 Å². The van der Waals surface area contributed by atoms with E-state index in [1.165, 1.54) is 23.3 Å². The third-order valence-electron chi connectivity index (χ3n) is 2.69. The minimum absolute atomic E-state index is 0.362. The molecule has 0 radical (unpaired) electrons. The van der Waals surface area contributed by atoms with Crippen LogP contribution >= 0.6 is 27.3 Å². The average Bonchev–Trinajstić information content (AvgIpc) is 2.76. The standard InChI is InChI=1S/C11H14BrNO2S2/c12-10-6-7-11(16-10)17(14,15)13-8-9-4-2-1-3-5-9/h4,6-7,13H,1-3,5,8H2. The Balaban J connectivity index is 2.00. The Bertz CT molecular complexity index is 519. The van der Waals surface area contributed by atoms with Gasteiger partial charge in [0.15, 0.2) is 0 Å². The second kappa shape index (κ2) is 5.65. The number of hydrogen-bond donors (Lipinski definition) is 1. The Kier molecular flexibility index (Phi) is 4.41. The predicted molar refractivity (Wildman–Crippen MR) is 73.8 cm³/mol. The lowest BCUT2D eigenvalue weighted by molar-refractivity contribution is 0.584. The third kappa shape index (κ3) is 3.64. The van der Waals surface area contributed by atoms with Gasteiger partial charge in [-0.3, -0.25) is 0 Å². The molecule has 1 aromatic heterocycles. The fraction of sp³-hybridized carbons (Fsp3) is 0.455. The van der Waals surface area contributed by atoms with Gasteiger partial charge in [0.25, 0.3) is 0 Å². The molecule has 94 valence electrons. The first kappa shape index (κ1) is 13.3. The van der Waals surface area contributed by atoms with Crippen LogP contribution in [0.3, 0.4) is 0 Å². The highest BCUT2D eigenvalue weighted by Crippen LogP contribution is 2.26. The summed E-state index contributed by atoms with van der Waals surface area (Å²) in [6, 6.07) is 3.37. The van der Waals surface area contributed by atoms with Crippen LogP contribution in [0, 0.1) is 0 Å². The monoisotopic (exact) mass is 335 g/mol. The molecule has 0 aliphatic heterocycles. The van der Waals surface area contributed by atoms with Crippen LogP contribution in [0.2, 0.25) is 0 Å². The van der Waals surface area contributed by atoms with E-state index >= 15 is 0 Å². The van der Waals surface area contributed by atoms with Crippen molar-refractivity contribution in [2.24, 2.45) is 0 Å². The number of allylic oxidation sites excluding steroid dienone is 1. The zero-order valence-corrected chi connectivity index (χ0v) is 12.5. The predicted octanol–water partition coefficient (Wildman–Crippen LogP) is 3.29. The maximum Gasteiger partial charge on any atom is 0.250 e. The molecule has 0 fully saturated rings. The van der Waals surface area contributed by atoms with Crippen molar-refractivity contribution in [1.82, 2.24) is 4.72 Å². The molecule has 1 aliphatic carbocycles. The highest BCUT2D eigenvalue weighted by atomic mass is 79.9. The van der Waals surface area contributed by atoms with Crippen molar-refractivity contribution in [3.8, 4) is 0 Å². The van der Waals surface area contributed by atoms with Gasteiger partial charge in [0.2, 0.25) is 10.0 Å². The van der Waals surface area contributed by atoms with E-state index in [1.807, 2.05) is 0 Å². The summed E-state index contributed by atoms with van der Waals surface area (Å²) >= 11 is 4.50.